The number of carbonyl (C=O) groups excluding carboxylic acids is 1. The number of hydrogen-bond acceptors (Lipinski definition) is 2. The Morgan fingerprint density at radius 3 is 2.79 bits per heavy atom. The van der Waals surface area contributed by atoms with Gasteiger partial charge in [0.15, 0.2) is 0 Å². The molecule has 1 aliphatic rings. The van der Waals surface area contributed by atoms with Gasteiger partial charge in [-0.1, -0.05) is 17.7 Å². The molecule has 1 aliphatic heterocycles. The van der Waals surface area contributed by atoms with Crippen molar-refractivity contribution >= 4 is 11.7 Å². The minimum absolute atomic E-state index is 0.0630. The van der Waals surface area contributed by atoms with Gasteiger partial charge in [0.05, 0.1) is 6.10 Å². The number of aliphatic hydroxyl groups is 1. The van der Waals surface area contributed by atoms with E-state index in [1.165, 1.54) is 5.56 Å². The zero-order valence-electron chi connectivity index (χ0n) is 11.6. The molecule has 4 heteroatoms. The number of benzene rings is 1. The van der Waals surface area contributed by atoms with E-state index in [1.807, 2.05) is 36.1 Å². The monoisotopic (exact) mass is 262 g/mol. The molecule has 0 spiro atoms. The third-order valence-corrected chi connectivity index (χ3v) is 3.55. The lowest BCUT2D eigenvalue weighted by Crippen LogP contribution is -2.40. The number of rotatable bonds is 3. The second kappa shape index (κ2) is 6.06. The van der Waals surface area contributed by atoms with Crippen LogP contribution in [0.5, 0.6) is 0 Å². The topological polar surface area (TPSA) is 52.6 Å². The van der Waals surface area contributed by atoms with Gasteiger partial charge in [-0.2, -0.15) is 0 Å². The summed E-state index contributed by atoms with van der Waals surface area (Å²) in [5, 5.41) is 12.4. The van der Waals surface area contributed by atoms with E-state index < -0.39 is 0 Å². The highest BCUT2D eigenvalue weighted by Crippen LogP contribution is 2.22. The summed E-state index contributed by atoms with van der Waals surface area (Å²) in [6.07, 6.45) is 2.28. The molecule has 1 aromatic rings. The van der Waals surface area contributed by atoms with E-state index in [2.05, 4.69) is 5.32 Å². The molecule has 0 radical (unpaired) electrons. The van der Waals surface area contributed by atoms with E-state index in [1.54, 1.807) is 6.92 Å². The van der Waals surface area contributed by atoms with Crippen LogP contribution in [0.25, 0.3) is 0 Å². The van der Waals surface area contributed by atoms with Crippen molar-refractivity contribution in [1.82, 2.24) is 4.90 Å². The Bertz CT molecular complexity index is 428. The summed E-state index contributed by atoms with van der Waals surface area (Å²) in [6, 6.07) is 7.87. The first kappa shape index (κ1) is 13.9. The summed E-state index contributed by atoms with van der Waals surface area (Å²) < 4.78 is 0. The molecule has 0 saturated carbocycles. The van der Waals surface area contributed by atoms with Crippen LogP contribution in [0, 0.1) is 6.92 Å². The van der Waals surface area contributed by atoms with E-state index in [4.69, 9.17) is 0 Å². The van der Waals surface area contributed by atoms with Crippen LogP contribution < -0.4 is 5.32 Å². The maximum Gasteiger partial charge on any atom is 0.322 e. The lowest BCUT2D eigenvalue weighted by molar-refractivity contribution is 0.142. The van der Waals surface area contributed by atoms with Crippen molar-refractivity contribution in [2.24, 2.45) is 0 Å². The standard InChI is InChI=1S/C15H22N2O2/c1-11-5-7-13(8-6-11)16-15(19)17-9-3-4-14(17)10-12(2)18/h5-8,12,14,18H,3-4,9-10H2,1-2H3,(H,16,19). The summed E-state index contributed by atoms with van der Waals surface area (Å²) >= 11 is 0. The molecular formula is C15H22N2O2. The molecule has 2 unspecified atom stereocenters. The number of urea groups is 1. The fraction of sp³-hybridized carbons (Fsp3) is 0.533. The number of anilines is 1. The van der Waals surface area contributed by atoms with E-state index in [0.717, 1.165) is 25.1 Å². The zero-order chi connectivity index (χ0) is 13.8. The molecule has 0 aliphatic carbocycles. The predicted molar refractivity (Wildman–Crippen MR) is 76.2 cm³/mol. The van der Waals surface area contributed by atoms with Crippen LogP contribution >= 0.6 is 0 Å². The van der Waals surface area contributed by atoms with Gasteiger partial charge >= 0.3 is 6.03 Å². The quantitative estimate of drug-likeness (QED) is 0.880. The van der Waals surface area contributed by atoms with Gasteiger partial charge in [-0.15, -0.1) is 0 Å². The SMILES string of the molecule is Cc1ccc(NC(=O)N2CCCC2CC(C)O)cc1. The summed E-state index contributed by atoms with van der Waals surface area (Å²) in [4.78, 5) is 14.1. The Balaban J connectivity index is 1.97. The molecule has 1 saturated heterocycles. The van der Waals surface area contributed by atoms with Crippen molar-refractivity contribution in [2.75, 3.05) is 11.9 Å². The average Bonchev–Trinajstić information content (AvgIpc) is 2.79. The maximum atomic E-state index is 12.2. The van der Waals surface area contributed by atoms with Crippen LogP contribution in [0.15, 0.2) is 24.3 Å². The van der Waals surface area contributed by atoms with Crippen molar-refractivity contribution < 1.29 is 9.90 Å². The van der Waals surface area contributed by atoms with E-state index in [0.29, 0.717) is 6.42 Å². The number of nitrogens with zero attached hydrogens (tertiary/aromatic N) is 1. The van der Waals surface area contributed by atoms with Crippen molar-refractivity contribution in [3.8, 4) is 0 Å². The van der Waals surface area contributed by atoms with Gasteiger partial charge in [0.2, 0.25) is 0 Å². The van der Waals surface area contributed by atoms with Gasteiger partial charge in [0.1, 0.15) is 0 Å². The largest absolute Gasteiger partial charge is 0.393 e. The summed E-state index contributed by atoms with van der Waals surface area (Å²) in [6.45, 7) is 4.56. The fourth-order valence-corrected chi connectivity index (χ4v) is 2.57. The zero-order valence-corrected chi connectivity index (χ0v) is 11.6. The number of likely N-dealkylation sites (tertiary alicyclic amines) is 1. The second-order valence-electron chi connectivity index (χ2n) is 5.37. The molecule has 2 rings (SSSR count). The van der Waals surface area contributed by atoms with Crippen LogP contribution in [0.1, 0.15) is 31.7 Å². The van der Waals surface area contributed by atoms with Crippen LogP contribution in [0.2, 0.25) is 0 Å². The Morgan fingerprint density at radius 2 is 2.16 bits per heavy atom. The summed E-state index contributed by atoms with van der Waals surface area (Å²) in [5.74, 6) is 0. The summed E-state index contributed by atoms with van der Waals surface area (Å²) in [7, 11) is 0. The van der Waals surface area contributed by atoms with Crippen molar-refractivity contribution in [3.63, 3.8) is 0 Å². The first-order valence-electron chi connectivity index (χ1n) is 6.88. The van der Waals surface area contributed by atoms with Crippen LogP contribution in [-0.2, 0) is 0 Å². The number of aryl methyl sites for hydroxylation is 1. The third-order valence-electron chi connectivity index (χ3n) is 3.55. The molecule has 4 nitrogen and oxygen atoms in total. The van der Waals surface area contributed by atoms with Gasteiger partial charge in [-0.25, -0.2) is 4.79 Å². The number of aliphatic hydroxyl groups excluding tert-OH is 1. The van der Waals surface area contributed by atoms with E-state index in [9.17, 15) is 9.90 Å². The van der Waals surface area contributed by atoms with Crippen LogP contribution in [-0.4, -0.2) is 34.7 Å². The molecule has 104 valence electrons. The van der Waals surface area contributed by atoms with E-state index >= 15 is 0 Å². The third kappa shape index (κ3) is 3.70. The van der Waals surface area contributed by atoms with Gasteiger partial charge < -0.3 is 15.3 Å². The average molecular weight is 262 g/mol. The normalized spacial score (nSPS) is 20.4. The molecule has 2 amide bonds. The number of amides is 2. The lowest BCUT2D eigenvalue weighted by atomic mass is 10.1. The number of nitrogens with one attached hydrogen (secondary N) is 1. The summed E-state index contributed by atoms with van der Waals surface area (Å²) in [5.41, 5.74) is 1.99. The molecule has 1 heterocycles. The Kier molecular flexibility index (Phi) is 4.43. The highest BCUT2D eigenvalue weighted by molar-refractivity contribution is 5.89. The molecule has 2 atom stereocenters. The molecule has 1 fully saturated rings. The second-order valence-corrected chi connectivity index (χ2v) is 5.37. The molecule has 1 aromatic carbocycles. The number of carbonyl (C=O) groups is 1. The van der Waals surface area contributed by atoms with Crippen molar-refractivity contribution in [1.29, 1.82) is 0 Å². The molecule has 19 heavy (non-hydrogen) atoms. The fourth-order valence-electron chi connectivity index (χ4n) is 2.57. The smallest absolute Gasteiger partial charge is 0.322 e. The molecular weight excluding hydrogens is 240 g/mol. The number of hydrogen-bond donors (Lipinski definition) is 2. The Hall–Kier alpha value is -1.55. The Morgan fingerprint density at radius 1 is 1.47 bits per heavy atom. The van der Waals surface area contributed by atoms with Gasteiger partial charge in [0.25, 0.3) is 0 Å². The van der Waals surface area contributed by atoms with Crippen molar-refractivity contribution in [2.45, 2.75) is 45.3 Å². The van der Waals surface area contributed by atoms with Gasteiger partial charge in [0, 0.05) is 18.3 Å². The van der Waals surface area contributed by atoms with Crippen LogP contribution in [0.4, 0.5) is 10.5 Å². The van der Waals surface area contributed by atoms with Crippen molar-refractivity contribution in [3.05, 3.63) is 29.8 Å². The van der Waals surface area contributed by atoms with Gasteiger partial charge in [-0.05, 0) is 45.2 Å². The first-order valence-corrected chi connectivity index (χ1v) is 6.88. The minimum Gasteiger partial charge on any atom is -0.393 e. The maximum absolute atomic E-state index is 12.2. The lowest BCUT2D eigenvalue weighted by Gasteiger charge is -2.26. The molecule has 0 aromatic heterocycles. The van der Waals surface area contributed by atoms with E-state index in [-0.39, 0.29) is 18.2 Å². The predicted octanol–water partition coefficient (Wildman–Crippen LogP) is 2.76. The van der Waals surface area contributed by atoms with Crippen LogP contribution in [0.3, 0.4) is 0 Å². The minimum atomic E-state index is -0.363. The molecule has 0 bridgehead atoms. The Labute approximate surface area is 114 Å². The highest BCUT2D eigenvalue weighted by Gasteiger charge is 2.29. The molecule has 2 N–H and O–H groups in total. The first-order chi connectivity index (χ1) is 9.06. The van der Waals surface area contributed by atoms with Gasteiger partial charge in [-0.3, -0.25) is 0 Å². The highest BCUT2D eigenvalue weighted by atomic mass is 16.3.